The molecule has 0 aliphatic heterocycles. The second kappa shape index (κ2) is 4.47. The average molecular weight is 179 g/mol. The van der Waals surface area contributed by atoms with Gasteiger partial charge in [-0.25, -0.2) is 0 Å². The third-order valence-electron chi connectivity index (χ3n) is 1.53. The molecule has 1 aromatic carbocycles. The van der Waals surface area contributed by atoms with E-state index >= 15 is 0 Å². The normalized spacial score (nSPS) is 10.6. The Morgan fingerprint density at radius 2 is 2.38 bits per heavy atom. The van der Waals surface area contributed by atoms with Gasteiger partial charge in [-0.05, 0) is 24.6 Å². The Morgan fingerprint density at radius 3 is 3.00 bits per heavy atom. The molecule has 70 valence electrons. The number of benzene rings is 1. The second-order valence-corrected chi connectivity index (χ2v) is 2.68. The van der Waals surface area contributed by atoms with Crippen LogP contribution in [-0.4, -0.2) is 17.9 Å². The molecule has 1 aromatic rings. The van der Waals surface area contributed by atoms with Gasteiger partial charge >= 0.3 is 0 Å². The van der Waals surface area contributed by atoms with Gasteiger partial charge in [0, 0.05) is 12.8 Å². The quantitative estimate of drug-likeness (QED) is 0.369. The number of aryl methyl sites for hydroxylation is 1. The summed E-state index contributed by atoms with van der Waals surface area (Å²) in [5.41, 5.74) is 9.47. The Labute approximate surface area is 77.1 Å². The fourth-order valence-electron chi connectivity index (χ4n) is 0.904. The number of hydrazone groups is 1. The number of anilines is 1. The highest BCUT2D eigenvalue weighted by atomic mass is 16.3. The molecule has 4 N–H and O–H groups in total. The Morgan fingerprint density at radius 1 is 1.62 bits per heavy atom. The lowest BCUT2D eigenvalue weighted by atomic mass is 10.2. The lowest BCUT2D eigenvalue weighted by Crippen LogP contribution is -2.01. The maximum atomic E-state index is 9.42. The summed E-state index contributed by atoms with van der Waals surface area (Å²) in [7, 11) is 0. The molecule has 0 fully saturated rings. The number of aromatic hydroxyl groups is 1. The summed E-state index contributed by atoms with van der Waals surface area (Å²) in [6.07, 6.45) is 1.53. The van der Waals surface area contributed by atoms with Crippen molar-refractivity contribution in [2.45, 2.75) is 6.92 Å². The zero-order chi connectivity index (χ0) is 9.68. The van der Waals surface area contributed by atoms with E-state index in [0.29, 0.717) is 12.2 Å². The number of nitrogens with two attached hydrogens (primary N) is 1. The van der Waals surface area contributed by atoms with E-state index in [1.165, 1.54) is 6.21 Å². The third-order valence-corrected chi connectivity index (χ3v) is 1.53. The van der Waals surface area contributed by atoms with Gasteiger partial charge < -0.3 is 10.8 Å². The van der Waals surface area contributed by atoms with E-state index in [4.69, 9.17) is 5.73 Å². The maximum Gasteiger partial charge on any atom is 0.140 e. The molecule has 0 aliphatic carbocycles. The molecule has 0 saturated carbocycles. The van der Waals surface area contributed by atoms with E-state index in [0.717, 1.165) is 5.56 Å². The first-order valence-electron chi connectivity index (χ1n) is 4.01. The summed E-state index contributed by atoms with van der Waals surface area (Å²) in [4.78, 5) is 0. The van der Waals surface area contributed by atoms with Crippen molar-refractivity contribution in [2.24, 2.45) is 10.8 Å². The van der Waals surface area contributed by atoms with Gasteiger partial charge in [-0.3, -0.25) is 5.43 Å². The molecule has 0 bridgehead atoms. The zero-order valence-electron chi connectivity index (χ0n) is 7.49. The molecular formula is C9H13N3O. The molecule has 0 radical (unpaired) electrons. The van der Waals surface area contributed by atoms with E-state index in [1.54, 1.807) is 12.1 Å². The molecule has 4 nitrogen and oxygen atoms in total. The van der Waals surface area contributed by atoms with Crippen molar-refractivity contribution in [1.29, 1.82) is 0 Å². The molecule has 0 aromatic heterocycles. The highest BCUT2D eigenvalue weighted by Crippen LogP contribution is 2.23. The van der Waals surface area contributed by atoms with Gasteiger partial charge in [-0.2, -0.15) is 5.10 Å². The van der Waals surface area contributed by atoms with Crippen LogP contribution in [0.25, 0.3) is 0 Å². The van der Waals surface area contributed by atoms with Gasteiger partial charge in [0.15, 0.2) is 0 Å². The second-order valence-electron chi connectivity index (χ2n) is 2.68. The first-order chi connectivity index (χ1) is 6.24. The van der Waals surface area contributed by atoms with E-state index in [9.17, 15) is 5.11 Å². The number of phenols is 1. The minimum atomic E-state index is 0.189. The highest BCUT2D eigenvalue weighted by Gasteiger charge is 1.97. The van der Waals surface area contributed by atoms with Gasteiger partial charge in [0.1, 0.15) is 5.75 Å². The SMILES string of the molecule is Cc1ccc(N/N=C\CN)c(O)c1. The third kappa shape index (κ3) is 2.76. The van der Waals surface area contributed by atoms with Crippen molar-refractivity contribution in [3.8, 4) is 5.75 Å². The zero-order valence-corrected chi connectivity index (χ0v) is 7.49. The fourth-order valence-corrected chi connectivity index (χ4v) is 0.904. The van der Waals surface area contributed by atoms with Crippen LogP contribution in [0, 0.1) is 6.92 Å². The molecule has 0 heterocycles. The number of hydrogen-bond acceptors (Lipinski definition) is 4. The topological polar surface area (TPSA) is 70.6 Å². The van der Waals surface area contributed by atoms with Crippen molar-refractivity contribution in [3.05, 3.63) is 23.8 Å². The minimum absolute atomic E-state index is 0.189. The Balaban J connectivity index is 2.72. The monoisotopic (exact) mass is 179 g/mol. The van der Waals surface area contributed by atoms with Crippen molar-refractivity contribution in [2.75, 3.05) is 12.0 Å². The predicted molar refractivity (Wildman–Crippen MR) is 54.0 cm³/mol. The Bertz CT molecular complexity index is 310. The molecule has 0 amide bonds. The molecule has 13 heavy (non-hydrogen) atoms. The van der Waals surface area contributed by atoms with Gasteiger partial charge in [-0.1, -0.05) is 6.07 Å². The summed E-state index contributed by atoms with van der Waals surface area (Å²) < 4.78 is 0. The molecule has 0 unspecified atom stereocenters. The molecular weight excluding hydrogens is 166 g/mol. The van der Waals surface area contributed by atoms with Gasteiger partial charge in [-0.15, -0.1) is 0 Å². The van der Waals surface area contributed by atoms with Crippen molar-refractivity contribution in [3.63, 3.8) is 0 Å². The number of rotatable bonds is 3. The number of phenolic OH excluding ortho intramolecular Hbond substituents is 1. The molecule has 0 spiro atoms. The minimum Gasteiger partial charge on any atom is -0.506 e. The van der Waals surface area contributed by atoms with Crippen molar-refractivity contribution < 1.29 is 5.11 Å². The molecule has 0 aliphatic rings. The number of nitrogens with zero attached hydrogens (tertiary/aromatic N) is 1. The van der Waals surface area contributed by atoms with Crippen LogP contribution in [0.3, 0.4) is 0 Å². The van der Waals surface area contributed by atoms with E-state index in [2.05, 4.69) is 10.5 Å². The molecule has 4 heteroatoms. The molecule has 0 saturated heterocycles. The smallest absolute Gasteiger partial charge is 0.140 e. The van der Waals surface area contributed by atoms with Crippen molar-refractivity contribution in [1.82, 2.24) is 0 Å². The maximum absolute atomic E-state index is 9.42. The van der Waals surface area contributed by atoms with Crippen molar-refractivity contribution >= 4 is 11.9 Å². The molecule has 0 atom stereocenters. The summed E-state index contributed by atoms with van der Waals surface area (Å²) in [6.45, 7) is 2.28. The number of nitrogens with one attached hydrogen (secondary N) is 1. The summed E-state index contributed by atoms with van der Waals surface area (Å²) in [5.74, 6) is 0.189. The van der Waals surface area contributed by atoms with Crippen LogP contribution in [0.4, 0.5) is 5.69 Å². The first kappa shape index (κ1) is 9.54. The number of hydrogen-bond donors (Lipinski definition) is 3. The van der Waals surface area contributed by atoms with E-state index < -0.39 is 0 Å². The Hall–Kier alpha value is -1.55. The van der Waals surface area contributed by atoms with E-state index in [-0.39, 0.29) is 5.75 Å². The first-order valence-corrected chi connectivity index (χ1v) is 4.01. The predicted octanol–water partition coefficient (Wildman–Crippen LogP) is 1.06. The lowest BCUT2D eigenvalue weighted by Gasteiger charge is -2.03. The van der Waals surface area contributed by atoms with Gasteiger partial charge in [0.2, 0.25) is 0 Å². The van der Waals surface area contributed by atoms with Crippen LogP contribution >= 0.6 is 0 Å². The van der Waals surface area contributed by atoms with Gasteiger partial charge in [0.05, 0.1) is 5.69 Å². The largest absolute Gasteiger partial charge is 0.506 e. The Kier molecular flexibility index (Phi) is 3.28. The summed E-state index contributed by atoms with van der Waals surface area (Å²) in [6, 6.07) is 5.32. The van der Waals surface area contributed by atoms with Crippen LogP contribution in [-0.2, 0) is 0 Å². The van der Waals surface area contributed by atoms with Crippen LogP contribution < -0.4 is 11.2 Å². The van der Waals surface area contributed by atoms with Gasteiger partial charge in [0.25, 0.3) is 0 Å². The van der Waals surface area contributed by atoms with Crippen LogP contribution in [0.1, 0.15) is 5.56 Å². The molecule has 1 rings (SSSR count). The standard InChI is InChI=1S/C9H13N3O/c1-7-2-3-8(9(13)6-7)12-11-5-4-10/h2-3,5-6,12-13H,4,10H2,1H3/b11-5-. The van der Waals surface area contributed by atoms with Crippen LogP contribution in [0.5, 0.6) is 5.75 Å². The van der Waals surface area contributed by atoms with Crippen LogP contribution in [0.15, 0.2) is 23.3 Å². The van der Waals surface area contributed by atoms with Crippen LogP contribution in [0.2, 0.25) is 0 Å². The lowest BCUT2D eigenvalue weighted by molar-refractivity contribution is 0.477. The highest BCUT2D eigenvalue weighted by molar-refractivity contribution is 5.63. The summed E-state index contributed by atoms with van der Waals surface area (Å²) in [5, 5.41) is 13.2. The summed E-state index contributed by atoms with van der Waals surface area (Å²) >= 11 is 0. The fraction of sp³-hybridized carbons (Fsp3) is 0.222. The average Bonchev–Trinajstić information content (AvgIpc) is 2.09. The van der Waals surface area contributed by atoms with E-state index in [1.807, 2.05) is 13.0 Å².